The summed E-state index contributed by atoms with van der Waals surface area (Å²) in [6.45, 7) is 5.05. The van der Waals surface area contributed by atoms with Gasteiger partial charge in [-0.05, 0) is 67.9 Å². The average molecular weight is 590 g/mol. The molecule has 2 fully saturated rings. The molecule has 2 aliphatic heterocycles. The van der Waals surface area contributed by atoms with Crippen molar-refractivity contribution in [3.8, 4) is 5.75 Å². The van der Waals surface area contributed by atoms with Crippen LogP contribution >= 0.6 is 0 Å². The Morgan fingerprint density at radius 1 is 1.17 bits per heavy atom. The number of carbonyl (C=O) groups is 1. The van der Waals surface area contributed by atoms with Crippen LogP contribution in [0.15, 0.2) is 47.0 Å². The van der Waals surface area contributed by atoms with Crippen molar-refractivity contribution in [2.75, 3.05) is 47.9 Å². The largest absolute Gasteiger partial charge is 0.493 e. The zero-order valence-electron chi connectivity index (χ0n) is 23.2. The first kappa shape index (κ1) is 29.5. The highest BCUT2D eigenvalue weighted by atomic mass is 19.4. The number of aromatic carboxylic acids is 1. The maximum absolute atomic E-state index is 13.7. The minimum Gasteiger partial charge on any atom is -0.493 e. The van der Waals surface area contributed by atoms with Gasteiger partial charge in [0.1, 0.15) is 11.6 Å². The van der Waals surface area contributed by atoms with Gasteiger partial charge >= 0.3 is 12.1 Å². The normalized spacial score (nSPS) is 19.0. The Bertz CT molecular complexity index is 1360. The molecule has 2 aromatic heterocycles. The van der Waals surface area contributed by atoms with Gasteiger partial charge < -0.3 is 34.5 Å². The second-order valence-electron chi connectivity index (χ2n) is 10.9. The fourth-order valence-corrected chi connectivity index (χ4v) is 5.35. The van der Waals surface area contributed by atoms with Crippen molar-refractivity contribution in [2.24, 2.45) is 11.8 Å². The predicted molar refractivity (Wildman–Crippen MR) is 149 cm³/mol. The number of rotatable bonds is 9. The first-order chi connectivity index (χ1) is 20.1. The minimum absolute atomic E-state index is 0.138. The molecule has 0 radical (unpaired) electrons. The number of aromatic nitrogens is 2. The zero-order chi connectivity index (χ0) is 29.9. The predicted octanol–water partition coefficient (Wildman–Crippen LogP) is 5.42. The van der Waals surface area contributed by atoms with E-state index in [4.69, 9.17) is 14.3 Å². The lowest BCUT2D eigenvalue weighted by atomic mass is 9.98. The van der Waals surface area contributed by atoms with E-state index in [9.17, 15) is 23.1 Å². The standard InChI is InChI=1S/C29H34F3N5O5/c1-18-4-3-11-37(16-18)28-35-25(29(30,31)32)24(42-28)26(38)34-21-7-8-23(33-15-21)36-12-9-19(10-13-36)17-41-22-6-2-5-20(14-22)27(39)40/h2,5-8,14-15,18-19,26,34,38H,3-4,9-13,16-17H2,1H3,(H,39,40). The fourth-order valence-electron chi connectivity index (χ4n) is 5.35. The van der Waals surface area contributed by atoms with Crippen LogP contribution in [0.1, 0.15) is 60.6 Å². The summed E-state index contributed by atoms with van der Waals surface area (Å²) in [6, 6.07) is 9.66. The number of nitrogens with zero attached hydrogens (tertiary/aromatic N) is 4. The maximum atomic E-state index is 13.7. The Morgan fingerprint density at radius 3 is 2.62 bits per heavy atom. The van der Waals surface area contributed by atoms with E-state index in [0.29, 0.717) is 48.8 Å². The van der Waals surface area contributed by atoms with Gasteiger partial charge in [0, 0.05) is 26.2 Å². The van der Waals surface area contributed by atoms with Gasteiger partial charge in [0.25, 0.3) is 6.01 Å². The smallest absolute Gasteiger partial charge is 0.437 e. The quantitative estimate of drug-likeness (QED) is 0.279. The summed E-state index contributed by atoms with van der Waals surface area (Å²) >= 11 is 0. The van der Waals surface area contributed by atoms with E-state index in [0.717, 1.165) is 38.8 Å². The van der Waals surface area contributed by atoms with E-state index < -0.39 is 29.8 Å². The van der Waals surface area contributed by atoms with Crippen molar-refractivity contribution in [3.63, 3.8) is 0 Å². The third kappa shape index (κ3) is 7.07. The number of carboxylic acids is 1. The van der Waals surface area contributed by atoms with Crippen molar-refractivity contribution in [1.82, 2.24) is 9.97 Å². The molecule has 0 aliphatic carbocycles. The average Bonchev–Trinajstić information content (AvgIpc) is 3.44. The fraction of sp³-hybridized carbons (Fsp3) is 0.483. The molecule has 42 heavy (non-hydrogen) atoms. The minimum atomic E-state index is -4.79. The van der Waals surface area contributed by atoms with E-state index in [1.165, 1.54) is 18.3 Å². The molecule has 3 N–H and O–H groups in total. The third-order valence-corrected chi connectivity index (χ3v) is 7.64. The number of nitrogens with one attached hydrogen (secondary N) is 1. The van der Waals surface area contributed by atoms with Gasteiger partial charge in [-0.2, -0.15) is 18.2 Å². The van der Waals surface area contributed by atoms with Crippen LogP contribution in [0.2, 0.25) is 0 Å². The van der Waals surface area contributed by atoms with Gasteiger partial charge in [0.05, 0.1) is 24.1 Å². The molecule has 0 spiro atoms. The summed E-state index contributed by atoms with van der Waals surface area (Å²) in [4.78, 5) is 23.1. The summed E-state index contributed by atoms with van der Waals surface area (Å²) in [6.07, 6.45) is -1.59. The molecule has 0 bridgehead atoms. The molecule has 10 nitrogen and oxygen atoms in total. The van der Waals surface area contributed by atoms with Crippen molar-refractivity contribution in [2.45, 2.75) is 45.0 Å². The van der Waals surface area contributed by atoms with Crippen molar-refractivity contribution in [1.29, 1.82) is 0 Å². The molecular weight excluding hydrogens is 555 g/mol. The molecule has 1 aromatic carbocycles. The lowest BCUT2D eigenvalue weighted by Gasteiger charge is -2.32. The number of hydrogen-bond donors (Lipinski definition) is 3. The third-order valence-electron chi connectivity index (χ3n) is 7.64. The molecular formula is C29H34F3N5O5. The highest BCUT2D eigenvalue weighted by molar-refractivity contribution is 5.88. The molecule has 4 heterocycles. The molecule has 2 unspecified atom stereocenters. The second-order valence-corrected chi connectivity index (χ2v) is 10.9. The lowest BCUT2D eigenvalue weighted by molar-refractivity contribution is -0.143. The zero-order valence-corrected chi connectivity index (χ0v) is 23.2. The number of pyridine rings is 1. The number of piperidine rings is 2. The van der Waals surface area contributed by atoms with Crippen LogP contribution in [0.25, 0.3) is 0 Å². The maximum Gasteiger partial charge on any atom is 0.437 e. The molecule has 226 valence electrons. The Hall–Kier alpha value is -4.00. The molecule has 0 amide bonds. The SMILES string of the molecule is CC1CCCN(c2nc(C(F)(F)F)c(C(O)Nc3ccc(N4CCC(COc5cccc(C(=O)O)c5)CC4)nc3)o2)C1. The van der Waals surface area contributed by atoms with E-state index >= 15 is 0 Å². The number of alkyl halides is 3. The van der Waals surface area contributed by atoms with Crippen LogP contribution < -0.4 is 19.9 Å². The Balaban J connectivity index is 1.16. The van der Waals surface area contributed by atoms with Crippen molar-refractivity contribution >= 4 is 23.5 Å². The molecule has 2 aliphatic rings. The first-order valence-electron chi connectivity index (χ1n) is 14.0. The van der Waals surface area contributed by atoms with Crippen molar-refractivity contribution < 1.29 is 37.3 Å². The van der Waals surface area contributed by atoms with Crippen LogP contribution in [0.5, 0.6) is 5.75 Å². The van der Waals surface area contributed by atoms with Gasteiger partial charge in [-0.3, -0.25) is 0 Å². The monoisotopic (exact) mass is 589 g/mol. The molecule has 0 saturated carbocycles. The number of halogens is 3. The molecule has 13 heteroatoms. The highest BCUT2D eigenvalue weighted by Gasteiger charge is 2.42. The van der Waals surface area contributed by atoms with Gasteiger partial charge in [-0.15, -0.1) is 0 Å². The van der Waals surface area contributed by atoms with E-state index in [1.807, 2.05) is 6.92 Å². The summed E-state index contributed by atoms with van der Waals surface area (Å²) in [5.74, 6) is 0.151. The number of oxazole rings is 1. The number of aliphatic hydroxyl groups is 1. The van der Waals surface area contributed by atoms with E-state index in [1.54, 1.807) is 29.2 Å². The second kappa shape index (κ2) is 12.5. The van der Waals surface area contributed by atoms with Crippen LogP contribution in [0.4, 0.5) is 30.7 Å². The molecule has 2 atom stereocenters. The number of anilines is 3. The summed E-state index contributed by atoms with van der Waals surface area (Å²) in [5.41, 5.74) is -0.741. The Labute approximate surface area is 241 Å². The van der Waals surface area contributed by atoms with E-state index in [-0.39, 0.29) is 11.6 Å². The number of hydrogen-bond acceptors (Lipinski definition) is 9. The molecule has 3 aromatic rings. The highest BCUT2D eigenvalue weighted by Crippen LogP contribution is 2.38. The number of aliphatic hydroxyl groups excluding tert-OH is 1. The van der Waals surface area contributed by atoms with Gasteiger partial charge in [0.15, 0.2) is 17.7 Å². The van der Waals surface area contributed by atoms with Gasteiger partial charge in [-0.1, -0.05) is 13.0 Å². The van der Waals surface area contributed by atoms with Crippen LogP contribution in [0.3, 0.4) is 0 Å². The first-order valence-corrected chi connectivity index (χ1v) is 14.0. The topological polar surface area (TPSA) is 124 Å². The van der Waals surface area contributed by atoms with Gasteiger partial charge in [-0.25, -0.2) is 9.78 Å². The Kier molecular flexibility index (Phi) is 8.76. The summed E-state index contributed by atoms with van der Waals surface area (Å²) in [7, 11) is 0. The van der Waals surface area contributed by atoms with Crippen LogP contribution in [-0.2, 0) is 6.18 Å². The number of ether oxygens (including phenoxy) is 1. The summed E-state index contributed by atoms with van der Waals surface area (Å²) in [5, 5.41) is 22.4. The molecule has 5 rings (SSSR count). The van der Waals surface area contributed by atoms with E-state index in [2.05, 4.69) is 20.2 Å². The lowest BCUT2D eigenvalue weighted by Crippen LogP contribution is -2.36. The summed E-state index contributed by atoms with van der Waals surface area (Å²) < 4.78 is 52.5. The number of benzene rings is 1. The molecule has 2 saturated heterocycles. The van der Waals surface area contributed by atoms with Crippen molar-refractivity contribution in [3.05, 3.63) is 59.6 Å². The number of carboxylic acid groups (broad SMARTS) is 1. The van der Waals surface area contributed by atoms with Gasteiger partial charge in [0.2, 0.25) is 0 Å². The van der Waals surface area contributed by atoms with Crippen LogP contribution in [0, 0.1) is 11.8 Å². The van der Waals surface area contributed by atoms with Crippen LogP contribution in [-0.4, -0.2) is 58.9 Å². The Morgan fingerprint density at radius 2 is 1.95 bits per heavy atom.